The van der Waals surface area contributed by atoms with E-state index in [9.17, 15) is 0 Å². The first-order valence-corrected chi connectivity index (χ1v) is 9.93. The molecule has 0 spiro atoms. The van der Waals surface area contributed by atoms with Gasteiger partial charge < -0.3 is 20.1 Å². The van der Waals surface area contributed by atoms with E-state index >= 15 is 0 Å². The Balaban J connectivity index is 1.78. The van der Waals surface area contributed by atoms with Crippen molar-refractivity contribution >= 4 is 11.4 Å². The second-order valence-corrected chi connectivity index (χ2v) is 8.07. The zero-order valence-corrected chi connectivity index (χ0v) is 17.4. The lowest BCUT2D eigenvalue weighted by Crippen LogP contribution is -2.41. The van der Waals surface area contributed by atoms with E-state index in [1.807, 2.05) is 18.2 Å². The summed E-state index contributed by atoms with van der Waals surface area (Å²) in [6.45, 7) is 4.61. The highest BCUT2D eigenvalue weighted by atomic mass is 16.5. The van der Waals surface area contributed by atoms with Gasteiger partial charge in [-0.15, -0.1) is 0 Å². The van der Waals surface area contributed by atoms with Gasteiger partial charge in [-0.05, 0) is 48.0 Å². The number of methoxy groups -OCH3 is 2. The summed E-state index contributed by atoms with van der Waals surface area (Å²) in [6.07, 6.45) is 0. The average Bonchev–Trinajstić information content (AvgIpc) is 2.76. The van der Waals surface area contributed by atoms with Crippen LogP contribution in [-0.2, 0) is 0 Å². The van der Waals surface area contributed by atoms with Crippen LogP contribution in [0.25, 0.3) is 0 Å². The number of rotatable bonds is 5. The van der Waals surface area contributed by atoms with Crippen molar-refractivity contribution in [3.05, 3.63) is 83.9 Å². The zero-order chi connectivity index (χ0) is 20.4. The molecule has 2 N–H and O–H groups in total. The second-order valence-electron chi connectivity index (χ2n) is 8.07. The van der Waals surface area contributed by atoms with Crippen LogP contribution in [0.2, 0.25) is 0 Å². The molecule has 1 aliphatic rings. The molecule has 0 radical (unpaired) electrons. The Hall–Kier alpha value is -3.14. The summed E-state index contributed by atoms with van der Waals surface area (Å²) in [4.78, 5) is 0. The zero-order valence-electron chi connectivity index (χ0n) is 17.4. The Morgan fingerprint density at radius 2 is 1.48 bits per heavy atom. The lowest BCUT2D eigenvalue weighted by Gasteiger charge is -2.47. The normalized spacial score (nSPS) is 19.6. The van der Waals surface area contributed by atoms with E-state index in [0.717, 1.165) is 22.9 Å². The third kappa shape index (κ3) is 3.63. The number of ether oxygens (including phenoxy) is 2. The van der Waals surface area contributed by atoms with E-state index in [-0.39, 0.29) is 17.5 Å². The summed E-state index contributed by atoms with van der Waals surface area (Å²) >= 11 is 0. The maximum Gasteiger partial charge on any atom is 0.119 e. The summed E-state index contributed by atoms with van der Waals surface area (Å²) in [5, 5.41) is 7.55. The highest BCUT2D eigenvalue weighted by Crippen LogP contribution is 2.53. The summed E-state index contributed by atoms with van der Waals surface area (Å²) in [5.41, 5.74) is 4.56. The molecule has 0 bridgehead atoms. The first-order valence-electron chi connectivity index (χ1n) is 9.93. The third-order valence-electron chi connectivity index (χ3n) is 5.89. The monoisotopic (exact) mass is 388 g/mol. The van der Waals surface area contributed by atoms with Crippen molar-refractivity contribution < 1.29 is 9.47 Å². The predicted molar refractivity (Wildman–Crippen MR) is 119 cm³/mol. The Labute approximate surface area is 172 Å². The predicted octanol–water partition coefficient (Wildman–Crippen LogP) is 6.05. The van der Waals surface area contributed by atoms with Crippen molar-refractivity contribution in [2.45, 2.75) is 25.9 Å². The van der Waals surface area contributed by atoms with E-state index in [0.29, 0.717) is 0 Å². The van der Waals surface area contributed by atoms with Gasteiger partial charge in [0.1, 0.15) is 11.5 Å². The van der Waals surface area contributed by atoms with Gasteiger partial charge in [0.25, 0.3) is 0 Å². The number of nitrogens with one attached hydrogen (secondary N) is 2. The Bertz CT molecular complexity index is 968. The minimum Gasteiger partial charge on any atom is -0.497 e. The lowest BCUT2D eigenvalue weighted by atomic mass is 9.69. The van der Waals surface area contributed by atoms with Gasteiger partial charge in [-0.2, -0.15) is 0 Å². The van der Waals surface area contributed by atoms with Gasteiger partial charge in [0.05, 0.1) is 26.3 Å². The van der Waals surface area contributed by atoms with Crippen LogP contribution in [0.4, 0.5) is 11.4 Å². The summed E-state index contributed by atoms with van der Waals surface area (Å²) < 4.78 is 10.8. The van der Waals surface area contributed by atoms with Crippen molar-refractivity contribution in [1.29, 1.82) is 0 Å². The molecular weight excluding hydrogens is 360 g/mol. The molecular formula is C25H28N2O2. The first kappa shape index (κ1) is 19.2. The Morgan fingerprint density at radius 3 is 2.14 bits per heavy atom. The van der Waals surface area contributed by atoms with Crippen LogP contribution >= 0.6 is 0 Å². The minimum atomic E-state index is -0.110. The Morgan fingerprint density at radius 1 is 0.828 bits per heavy atom. The van der Waals surface area contributed by atoms with Gasteiger partial charge in [-0.25, -0.2) is 0 Å². The maximum atomic E-state index is 5.52. The SMILES string of the molecule is COc1ccc(NC2c3cc(OC)ccc3NC(c3ccccc3)C2(C)C)cc1. The van der Waals surface area contributed by atoms with Gasteiger partial charge in [0.15, 0.2) is 0 Å². The van der Waals surface area contributed by atoms with E-state index in [1.165, 1.54) is 11.1 Å². The molecule has 2 atom stereocenters. The molecule has 0 saturated heterocycles. The first-order chi connectivity index (χ1) is 14.0. The molecule has 1 heterocycles. The van der Waals surface area contributed by atoms with Crippen molar-refractivity contribution in [1.82, 2.24) is 0 Å². The van der Waals surface area contributed by atoms with Gasteiger partial charge >= 0.3 is 0 Å². The lowest BCUT2D eigenvalue weighted by molar-refractivity contribution is 0.248. The third-order valence-corrected chi connectivity index (χ3v) is 5.89. The number of hydrogen-bond acceptors (Lipinski definition) is 4. The molecule has 4 rings (SSSR count). The molecule has 0 saturated carbocycles. The van der Waals surface area contributed by atoms with Crippen LogP contribution in [0.15, 0.2) is 72.8 Å². The number of benzene rings is 3. The largest absolute Gasteiger partial charge is 0.497 e. The summed E-state index contributed by atoms with van der Waals surface area (Å²) in [7, 11) is 3.40. The van der Waals surface area contributed by atoms with E-state index in [2.05, 4.69) is 79.1 Å². The van der Waals surface area contributed by atoms with Crippen LogP contribution < -0.4 is 20.1 Å². The smallest absolute Gasteiger partial charge is 0.119 e. The van der Waals surface area contributed by atoms with E-state index in [1.54, 1.807) is 14.2 Å². The summed E-state index contributed by atoms with van der Waals surface area (Å²) in [6, 6.07) is 25.3. The topological polar surface area (TPSA) is 42.5 Å². The molecule has 0 aliphatic carbocycles. The fourth-order valence-corrected chi connectivity index (χ4v) is 4.22. The minimum absolute atomic E-state index is 0.0902. The number of anilines is 2. The van der Waals surface area contributed by atoms with Gasteiger partial charge in [0.2, 0.25) is 0 Å². The quantitative estimate of drug-likeness (QED) is 0.558. The van der Waals surface area contributed by atoms with Gasteiger partial charge in [-0.1, -0.05) is 44.2 Å². The fourth-order valence-electron chi connectivity index (χ4n) is 4.22. The number of hydrogen-bond donors (Lipinski definition) is 2. The van der Waals surface area contributed by atoms with Gasteiger partial charge in [0, 0.05) is 22.4 Å². The van der Waals surface area contributed by atoms with E-state index in [4.69, 9.17) is 9.47 Å². The molecule has 0 aromatic heterocycles. The van der Waals surface area contributed by atoms with Crippen LogP contribution in [0.3, 0.4) is 0 Å². The molecule has 2 unspecified atom stereocenters. The van der Waals surface area contributed by atoms with Crippen LogP contribution in [0, 0.1) is 5.41 Å². The van der Waals surface area contributed by atoms with Crippen LogP contribution in [-0.4, -0.2) is 14.2 Å². The highest BCUT2D eigenvalue weighted by molar-refractivity contribution is 5.63. The molecule has 150 valence electrons. The molecule has 4 heteroatoms. The molecule has 3 aromatic carbocycles. The van der Waals surface area contributed by atoms with Gasteiger partial charge in [-0.3, -0.25) is 0 Å². The van der Waals surface area contributed by atoms with Crippen molar-refractivity contribution in [3.8, 4) is 11.5 Å². The Kier molecular flexibility index (Phi) is 5.10. The molecule has 3 aromatic rings. The molecule has 1 aliphatic heterocycles. The summed E-state index contributed by atoms with van der Waals surface area (Å²) in [5.74, 6) is 1.71. The standard InChI is InChI=1S/C25H28N2O2/c1-25(2)23(17-8-6-5-7-9-17)27-22-15-14-20(29-4)16-21(22)24(25)26-18-10-12-19(28-3)13-11-18/h5-16,23-24,26-27H,1-4H3. The van der Waals surface area contributed by atoms with Crippen molar-refractivity contribution in [2.24, 2.45) is 5.41 Å². The van der Waals surface area contributed by atoms with Crippen LogP contribution in [0.1, 0.15) is 37.1 Å². The second kappa shape index (κ2) is 7.70. The van der Waals surface area contributed by atoms with E-state index < -0.39 is 0 Å². The molecule has 0 fully saturated rings. The van der Waals surface area contributed by atoms with Crippen LogP contribution in [0.5, 0.6) is 11.5 Å². The van der Waals surface area contributed by atoms with Crippen molar-refractivity contribution in [3.63, 3.8) is 0 Å². The molecule has 0 amide bonds. The fraction of sp³-hybridized carbons (Fsp3) is 0.280. The maximum absolute atomic E-state index is 5.52. The highest BCUT2D eigenvalue weighted by Gasteiger charge is 2.44. The molecule has 29 heavy (non-hydrogen) atoms. The van der Waals surface area contributed by atoms with Crippen molar-refractivity contribution in [2.75, 3.05) is 24.9 Å². The number of fused-ring (bicyclic) bond motifs is 1. The molecule has 4 nitrogen and oxygen atoms in total. The average molecular weight is 389 g/mol.